The van der Waals surface area contributed by atoms with Gasteiger partial charge in [-0.05, 0) is 56.2 Å². The topological polar surface area (TPSA) is 127 Å². The summed E-state index contributed by atoms with van der Waals surface area (Å²) in [6, 6.07) is 10.6. The van der Waals surface area contributed by atoms with Crippen LogP contribution >= 0.6 is 0 Å². The monoisotopic (exact) mass is 400 g/mol. The molecule has 0 bridgehead atoms. The fourth-order valence-corrected chi connectivity index (χ4v) is 2.41. The van der Waals surface area contributed by atoms with Crippen LogP contribution in [0.3, 0.4) is 0 Å². The number of carbonyl (C=O) groups is 4. The van der Waals surface area contributed by atoms with Crippen LogP contribution in [-0.4, -0.2) is 46.3 Å². The van der Waals surface area contributed by atoms with E-state index in [9.17, 15) is 29.4 Å². The molecule has 2 aromatic rings. The average Bonchev–Trinajstić information content (AvgIpc) is 2.66. The number of carboxylic acid groups (broad SMARTS) is 2. The molecule has 2 atom stereocenters. The van der Waals surface area contributed by atoms with Gasteiger partial charge in [-0.2, -0.15) is 0 Å². The SMILES string of the molecule is Cc1ccc(C(=O)O[C@@H](C(=O)O)C(OC(=O)c2ccc(C)c(C)c2)C(=O)O)cc1. The fraction of sp³-hybridized carbons (Fsp3) is 0.238. The molecule has 2 aromatic carbocycles. The van der Waals surface area contributed by atoms with Gasteiger partial charge in [-0.3, -0.25) is 0 Å². The molecule has 0 aliphatic rings. The zero-order valence-electron chi connectivity index (χ0n) is 16.0. The third-order valence-corrected chi connectivity index (χ3v) is 4.26. The number of esters is 2. The van der Waals surface area contributed by atoms with Crippen molar-refractivity contribution in [1.82, 2.24) is 0 Å². The molecule has 0 aliphatic heterocycles. The van der Waals surface area contributed by atoms with E-state index in [0.29, 0.717) is 0 Å². The van der Waals surface area contributed by atoms with Gasteiger partial charge in [-0.1, -0.05) is 23.8 Å². The largest absolute Gasteiger partial charge is 0.478 e. The molecule has 2 rings (SSSR count). The Labute approximate surface area is 166 Å². The normalized spacial score (nSPS) is 12.5. The van der Waals surface area contributed by atoms with Crippen molar-refractivity contribution in [3.63, 3.8) is 0 Å². The van der Waals surface area contributed by atoms with Crippen molar-refractivity contribution in [3.05, 3.63) is 70.3 Å². The summed E-state index contributed by atoms with van der Waals surface area (Å²) in [6.45, 7) is 5.38. The van der Waals surface area contributed by atoms with Crippen molar-refractivity contribution in [3.8, 4) is 0 Å². The van der Waals surface area contributed by atoms with Gasteiger partial charge >= 0.3 is 23.9 Å². The third-order valence-electron chi connectivity index (χ3n) is 4.26. The van der Waals surface area contributed by atoms with Crippen LogP contribution in [0.5, 0.6) is 0 Å². The molecule has 0 heterocycles. The zero-order valence-corrected chi connectivity index (χ0v) is 16.0. The number of hydrogen-bond donors (Lipinski definition) is 2. The molecule has 0 aromatic heterocycles. The first kappa shape index (κ1) is 21.6. The van der Waals surface area contributed by atoms with Crippen LogP contribution in [0.2, 0.25) is 0 Å². The second kappa shape index (κ2) is 9.01. The second-order valence-corrected chi connectivity index (χ2v) is 6.49. The molecule has 2 N–H and O–H groups in total. The average molecular weight is 400 g/mol. The lowest BCUT2D eigenvalue weighted by Gasteiger charge is -2.21. The molecular formula is C21H20O8. The zero-order chi connectivity index (χ0) is 21.7. The van der Waals surface area contributed by atoms with Crippen molar-refractivity contribution in [2.75, 3.05) is 0 Å². The van der Waals surface area contributed by atoms with Gasteiger partial charge in [0, 0.05) is 0 Å². The van der Waals surface area contributed by atoms with Crippen molar-refractivity contribution in [2.45, 2.75) is 33.0 Å². The Morgan fingerprint density at radius 1 is 0.690 bits per heavy atom. The van der Waals surface area contributed by atoms with Gasteiger partial charge in [0.25, 0.3) is 0 Å². The Hall–Kier alpha value is -3.68. The highest BCUT2D eigenvalue weighted by atomic mass is 16.6. The minimum Gasteiger partial charge on any atom is -0.478 e. The predicted octanol–water partition coefficient (Wildman–Crippen LogP) is 2.53. The Bertz CT molecular complexity index is 946. The molecule has 29 heavy (non-hydrogen) atoms. The molecule has 0 amide bonds. The summed E-state index contributed by atoms with van der Waals surface area (Å²) in [5.41, 5.74) is 2.63. The molecule has 152 valence electrons. The maximum atomic E-state index is 12.3. The molecule has 0 fully saturated rings. The molecule has 0 saturated carbocycles. The summed E-state index contributed by atoms with van der Waals surface area (Å²) in [6.07, 6.45) is -4.45. The van der Waals surface area contributed by atoms with Crippen LogP contribution in [0.1, 0.15) is 37.4 Å². The number of hydrogen-bond acceptors (Lipinski definition) is 6. The van der Waals surface area contributed by atoms with E-state index in [1.54, 1.807) is 32.0 Å². The summed E-state index contributed by atoms with van der Waals surface area (Å²) in [4.78, 5) is 47.7. The van der Waals surface area contributed by atoms with Crippen LogP contribution in [0.4, 0.5) is 0 Å². The van der Waals surface area contributed by atoms with Gasteiger partial charge in [-0.15, -0.1) is 0 Å². The van der Waals surface area contributed by atoms with Gasteiger partial charge in [0.2, 0.25) is 12.2 Å². The number of benzene rings is 2. The smallest absolute Gasteiger partial charge is 0.349 e. The first-order valence-electron chi connectivity index (χ1n) is 8.61. The summed E-state index contributed by atoms with van der Waals surface area (Å²) < 4.78 is 9.72. The molecule has 0 radical (unpaired) electrons. The number of rotatable bonds is 7. The Balaban J connectivity index is 2.24. The molecule has 0 spiro atoms. The lowest BCUT2D eigenvalue weighted by Crippen LogP contribution is -2.45. The molecule has 8 nitrogen and oxygen atoms in total. The van der Waals surface area contributed by atoms with Crippen molar-refractivity contribution >= 4 is 23.9 Å². The molecule has 0 saturated heterocycles. The Kier molecular flexibility index (Phi) is 6.71. The molecule has 1 unspecified atom stereocenters. The minimum absolute atomic E-state index is 0.0338. The lowest BCUT2D eigenvalue weighted by atomic mass is 10.1. The summed E-state index contributed by atoms with van der Waals surface area (Å²) in [5, 5.41) is 18.7. The highest BCUT2D eigenvalue weighted by Crippen LogP contribution is 2.16. The number of aryl methyl sites for hydroxylation is 3. The van der Waals surface area contributed by atoms with Crippen LogP contribution in [0.15, 0.2) is 42.5 Å². The lowest BCUT2D eigenvalue weighted by molar-refractivity contribution is -0.166. The second-order valence-electron chi connectivity index (χ2n) is 6.49. The van der Waals surface area contributed by atoms with Gasteiger partial charge < -0.3 is 19.7 Å². The molecular weight excluding hydrogens is 380 g/mol. The predicted molar refractivity (Wildman–Crippen MR) is 101 cm³/mol. The van der Waals surface area contributed by atoms with Crippen LogP contribution in [0, 0.1) is 20.8 Å². The van der Waals surface area contributed by atoms with Gasteiger partial charge in [0.1, 0.15) is 0 Å². The van der Waals surface area contributed by atoms with Crippen LogP contribution in [-0.2, 0) is 19.1 Å². The Morgan fingerprint density at radius 3 is 1.59 bits per heavy atom. The van der Waals surface area contributed by atoms with Gasteiger partial charge in [0.05, 0.1) is 11.1 Å². The first-order valence-corrected chi connectivity index (χ1v) is 8.61. The molecule has 0 aliphatic carbocycles. The van der Waals surface area contributed by atoms with Crippen molar-refractivity contribution in [2.24, 2.45) is 0 Å². The highest BCUT2D eigenvalue weighted by Gasteiger charge is 2.41. The van der Waals surface area contributed by atoms with Crippen molar-refractivity contribution in [1.29, 1.82) is 0 Å². The van der Waals surface area contributed by atoms with Gasteiger partial charge in [0.15, 0.2) is 0 Å². The van der Waals surface area contributed by atoms with Crippen LogP contribution in [0.25, 0.3) is 0 Å². The number of ether oxygens (including phenoxy) is 2. The summed E-state index contributed by atoms with van der Waals surface area (Å²) >= 11 is 0. The summed E-state index contributed by atoms with van der Waals surface area (Å²) in [7, 11) is 0. The standard InChI is InChI=1S/C21H20O8/c1-11-4-7-14(8-5-11)20(26)28-16(18(22)23)17(19(24)25)29-21(27)15-9-6-12(2)13(3)10-15/h4-10,16-17H,1-3H3,(H,22,23)(H,24,25)/t16-,17?/m1/s1. The molecule has 8 heteroatoms. The van der Waals surface area contributed by atoms with E-state index < -0.39 is 36.1 Å². The Morgan fingerprint density at radius 2 is 1.14 bits per heavy atom. The van der Waals surface area contributed by atoms with E-state index in [4.69, 9.17) is 9.47 Å². The number of carboxylic acids is 2. The van der Waals surface area contributed by atoms with E-state index in [2.05, 4.69) is 0 Å². The quantitative estimate of drug-likeness (QED) is 0.679. The number of aliphatic carboxylic acids is 2. The fourth-order valence-electron chi connectivity index (χ4n) is 2.41. The van der Waals surface area contributed by atoms with E-state index in [-0.39, 0.29) is 11.1 Å². The van der Waals surface area contributed by atoms with Gasteiger partial charge in [-0.25, -0.2) is 19.2 Å². The summed E-state index contributed by atoms with van der Waals surface area (Å²) in [5.74, 6) is -5.61. The maximum Gasteiger partial charge on any atom is 0.349 e. The third kappa shape index (κ3) is 5.41. The van der Waals surface area contributed by atoms with E-state index >= 15 is 0 Å². The highest BCUT2D eigenvalue weighted by molar-refractivity contribution is 5.95. The minimum atomic E-state index is -2.23. The van der Waals surface area contributed by atoms with Crippen molar-refractivity contribution < 1.29 is 38.9 Å². The van der Waals surface area contributed by atoms with E-state index in [1.807, 2.05) is 6.92 Å². The maximum absolute atomic E-state index is 12.3. The van der Waals surface area contributed by atoms with E-state index in [1.165, 1.54) is 24.3 Å². The van der Waals surface area contributed by atoms with Crippen LogP contribution < -0.4 is 0 Å². The van der Waals surface area contributed by atoms with E-state index in [0.717, 1.165) is 16.7 Å². The first-order chi connectivity index (χ1) is 13.6. The number of carbonyl (C=O) groups excluding carboxylic acids is 2.